The number of nitrogens with one attached hydrogen (secondary N) is 1. The van der Waals surface area contributed by atoms with E-state index in [9.17, 15) is 4.79 Å². The second-order valence-corrected chi connectivity index (χ2v) is 5.74. The van der Waals surface area contributed by atoms with E-state index in [-0.39, 0.29) is 5.91 Å². The molecular formula is C11H20BrNO. The molecule has 82 valence electrons. The van der Waals surface area contributed by atoms with Gasteiger partial charge in [-0.2, -0.15) is 0 Å². The van der Waals surface area contributed by atoms with Crippen molar-refractivity contribution in [3.05, 3.63) is 0 Å². The lowest BCUT2D eigenvalue weighted by molar-refractivity contribution is -0.121. The molecule has 0 radical (unpaired) electrons. The van der Waals surface area contributed by atoms with Gasteiger partial charge < -0.3 is 5.32 Å². The van der Waals surface area contributed by atoms with Gasteiger partial charge >= 0.3 is 0 Å². The van der Waals surface area contributed by atoms with E-state index in [2.05, 4.69) is 35.1 Å². The Hall–Kier alpha value is -0.0500. The predicted octanol–water partition coefficient (Wildman–Crippen LogP) is 2.86. The van der Waals surface area contributed by atoms with Gasteiger partial charge in [-0.15, -0.1) is 0 Å². The molecule has 0 heterocycles. The van der Waals surface area contributed by atoms with Crippen molar-refractivity contribution in [1.82, 2.24) is 5.32 Å². The standard InChI is InChI=1S/C11H20BrNO/c1-11(2)6-3-9(4-7-11)13-10(14)5-8-12/h9H,3-8H2,1-2H3,(H,13,14). The lowest BCUT2D eigenvalue weighted by Gasteiger charge is -2.34. The molecule has 2 nitrogen and oxygen atoms in total. The maximum absolute atomic E-state index is 11.3. The first-order chi connectivity index (χ1) is 6.53. The average Bonchev–Trinajstić information content (AvgIpc) is 2.09. The van der Waals surface area contributed by atoms with Crippen LogP contribution in [-0.2, 0) is 4.79 Å². The van der Waals surface area contributed by atoms with E-state index in [1.54, 1.807) is 0 Å². The summed E-state index contributed by atoms with van der Waals surface area (Å²) in [5, 5.41) is 3.85. The first kappa shape index (κ1) is 12.0. The molecule has 14 heavy (non-hydrogen) atoms. The third kappa shape index (κ3) is 3.99. The number of carbonyl (C=O) groups excluding carboxylic acids is 1. The Morgan fingerprint density at radius 1 is 1.43 bits per heavy atom. The fraction of sp³-hybridized carbons (Fsp3) is 0.909. The van der Waals surface area contributed by atoms with E-state index in [0.29, 0.717) is 17.9 Å². The van der Waals surface area contributed by atoms with Gasteiger partial charge in [0.25, 0.3) is 0 Å². The third-order valence-corrected chi connectivity index (χ3v) is 3.42. The summed E-state index contributed by atoms with van der Waals surface area (Å²) in [6.07, 6.45) is 5.33. The van der Waals surface area contributed by atoms with Crippen LogP contribution in [0.3, 0.4) is 0 Å². The molecule has 1 amide bonds. The van der Waals surface area contributed by atoms with Crippen LogP contribution in [0.1, 0.15) is 46.0 Å². The SMILES string of the molecule is CC1(C)CCC(NC(=O)CCBr)CC1. The van der Waals surface area contributed by atoms with Crippen LogP contribution in [0.4, 0.5) is 0 Å². The van der Waals surface area contributed by atoms with Crippen LogP contribution in [0, 0.1) is 5.41 Å². The van der Waals surface area contributed by atoms with Crippen molar-refractivity contribution < 1.29 is 4.79 Å². The molecule has 1 saturated carbocycles. The Morgan fingerprint density at radius 3 is 2.50 bits per heavy atom. The monoisotopic (exact) mass is 261 g/mol. The Bertz CT molecular complexity index is 193. The summed E-state index contributed by atoms with van der Waals surface area (Å²) in [4.78, 5) is 11.3. The largest absolute Gasteiger partial charge is 0.353 e. The number of hydrogen-bond donors (Lipinski definition) is 1. The summed E-state index contributed by atoms with van der Waals surface area (Å²) in [5.74, 6) is 0.187. The molecule has 0 aliphatic heterocycles. The molecular weight excluding hydrogens is 242 g/mol. The van der Waals surface area contributed by atoms with Crippen LogP contribution in [-0.4, -0.2) is 17.3 Å². The Morgan fingerprint density at radius 2 is 2.00 bits per heavy atom. The normalized spacial score (nSPS) is 21.9. The van der Waals surface area contributed by atoms with Crippen molar-refractivity contribution in [1.29, 1.82) is 0 Å². The van der Waals surface area contributed by atoms with Gasteiger partial charge in [-0.3, -0.25) is 4.79 Å². The van der Waals surface area contributed by atoms with Gasteiger partial charge in [-0.05, 0) is 31.1 Å². The van der Waals surface area contributed by atoms with Crippen LogP contribution < -0.4 is 5.32 Å². The molecule has 0 saturated heterocycles. The first-order valence-corrected chi connectivity index (χ1v) is 6.51. The van der Waals surface area contributed by atoms with Crippen molar-refractivity contribution in [3.63, 3.8) is 0 Å². The molecule has 1 aliphatic carbocycles. The molecule has 0 unspecified atom stereocenters. The zero-order valence-corrected chi connectivity index (χ0v) is 10.7. The second kappa shape index (κ2) is 5.15. The van der Waals surface area contributed by atoms with Crippen molar-refractivity contribution in [2.75, 3.05) is 5.33 Å². The number of halogens is 1. The van der Waals surface area contributed by atoms with E-state index >= 15 is 0 Å². The summed E-state index contributed by atoms with van der Waals surface area (Å²) in [6.45, 7) is 4.62. The van der Waals surface area contributed by atoms with E-state index < -0.39 is 0 Å². The van der Waals surface area contributed by atoms with E-state index in [4.69, 9.17) is 0 Å². The highest BCUT2D eigenvalue weighted by Crippen LogP contribution is 2.34. The highest BCUT2D eigenvalue weighted by atomic mass is 79.9. The van der Waals surface area contributed by atoms with E-state index in [1.807, 2.05) is 0 Å². The second-order valence-electron chi connectivity index (χ2n) is 4.94. The highest BCUT2D eigenvalue weighted by molar-refractivity contribution is 9.09. The van der Waals surface area contributed by atoms with Crippen molar-refractivity contribution >= 4 is 21.8 Å². The Kier molecular flexibility index (Phi) is 4.42. The predicted molar refractivity (Wildman–Crippen MR) is 62.6 cm³/mol. The van der Waals surface area contributed by atoms with Crippen molar-refractivity contribution in [3.8, 4) is 0 Å². The molecule has 3 heteroatoms. The number of alkyl halides is 1. The van der Waals surface area contributed by atoms with Crippen LogP contribution in [0.15, 0.2) is 0 Å². The zero-order chi connectivity index (χ0) is 10.6. The topological polar surface area (TPSA) is 29.1 Å². The smallest absolute Gasteiger partial charge is 0.221 e. The van der Waals surface area contributed by atoms with Crippen molar-refractivity contribution in [2.45, 2.75) is 52.0 Å². The number of amides is 1. The summed E-state index contributed by atoms with van der Waals surface area (Å²) in [7, 11) is 0. The minimum Gasteiger partial charge on any atom is -0.353 e. The fourth-order valence-corrected chi connectivity index (χ4v) is 2.29. The van der Waals surface area contributed by atoms with E-state index in [0.717, 1.165) is 18.2 Å². The molecule has 0 atom stereocenters. The first-order valence-electron chi connectivity index (χ1n) is 5.39. The molecule has 0 aromatic heterocycles. The van der Waals surface area contributed by atoms with Crippen LogP contribution in [0.25, 0.3) is 0 Å². The quantitative estimate of drug-likeness (QED) is 0.778. The van der Waals surface area contributed by atoms with Gasteiger partial charge in [-0.25, -0.2) is 0 Å². The summed E-state index contributed by atoms with van der Waals surface area (Å²) in [5.41, 5.74) is 0.483. The summed E-state index contributed by atoms with van der Waals surface area (Å²) < 4.78 is 0. The minimum absolute atomic E-state index is 0.187. The van der Waals surface area contributed by atoms with Crippen molar-refractivity contribution in [2.24, 2.45) is 5.41 Å². The lowest BCUT2D eigenvalue weighted by Crippen LogP contribution is -2.39. The molecule has 1 N–H and O–H groups in total. The molecule has 1 fully saturated rings. The van der Waals surface area contributed by atoms with Gasteiger partial charge in [-0.1, -0.05) is 29.8 Å². The van der Waals surface area contributed by atoms with Gasteiger partial charge in [0, 0.05) is 17.8 Å². The molecule has 0 bridgehead atoms. The maximum atomic E-state index is 11.3. The van der Waals surface area contributed by atoms with Crippen LogP contribution in [0.5, 0.6) is 0 Å². The molecule has 0 aromatic rings. The number of hydrogen-bond acceptors (Lipinski definition) is 1. The van der Waals surface area contributed by atoms with Gasteiger partial charge in [0.2, 0.25) is 5.91 Å². The Labute approximate surface area is 95.0 Å². The summed E-state index contributed by atoms with van der Waals surface area (Å²) in [6, 6.07) is 0.426. The number of carbonyl (C=O) groups is 1. The maximum Gasteiger partial charge on any atom is 0.221 e. The molecule has 0 spiro atoms. The molecule has 1 rings (SSSR count). The fourth-order valence-electron chi connectivity index (χ4n) is 1.93. The van der Waals surface area contributed by atoms with Crippen LogP contribution >= 0.6 is 15.9 Å². The third-order valence-electron chi connectivity index (χ3n) is 3.03. The lowest BCUT2D eigenvalue weighted by atomic mass is 9.75. The summed E-state index contributed by atoms with van der Waals surface area (Å²) >= 11 is 3.27. The van der Waals surface area contributed by atoms with Gasteiger partial charge in [0.1, 0.15) is 0 Å². The van der Waals surface area contributed by atoms with Gasteiger partial charge in [0.15, 0.2) is 0 Å². The van der Waals surface area contributed by atoms with Crippen LogP contribution in [0.2, 0.25) is 0 Å². The average molecular weight is 262 g/mol. The number of rotatable bonds is 3. The minimum atomic E-state index is 0.187. The highest BCUT2D eigenvalue weighted by Gasteiger charge is 2.27. The molecule has 0 aromatic carbocycles. The molecule has 1 aliphatic rings. The zero-order valence-electron chi connectivity index (χ0n) is 9.11. The van der Waals surface area contributed by atoms with Gasteiger partial charge in [0.05, 0.1) is 0 Å². The van der Waals surface area contributed by atoms with E-state index in [1.165, 1.54) is 12.8 Å². The Balaban J connectivity index is 2.25.